The van der Waals surface area contributed by atoms with E-state index in [2.05, 4.69) is 73.1 Å². The van der Waals surface area contributed by atoms with Crippen LogP contribution < -0.4 is 0 Å². The lowest BCUT2D eigenvalue weighted by Gasteiger charge is -2.02. The van der Waals surface area contributed by atoms with Gasteiger partial charge in [0.25, 0.3) is 0 Å². The van der Waals surface area contributed by atoms with E-state index < -0.39 is 0 Å². The maximum atomic E-state index is 2.34. The van der Waals surface area contributed by atoms with Gasteiger partial charge in [0.1, 0.15) is 0 Å². The lowest BCUT2D eigenvalue weighted by Crippen LogP contribution is -1.85. The number of unbranched alkanes of at least 4 members (excludes halogenated alkanes) is 6. The predicted molar refractivity (Wildman–Crippen MR) is 173 cm³/mol. The van der Waals surface area contributed by atoms with Crippen molar-refractivity contribution >= 4 is 56.7 Å². The number of rotatable bonds is 14. The van der Waals surface area contributed by atoms with E-state index in [0.29, 0.717) is 0 Å². The molecule has 0 N–H and O–H groups in total. The molecule has 0 radical (unpaired) electrons. The van der Waals surface area contributed by atoms with Crippen molar-refractivity contribution < 1.29 is 0 Å². The molecule has 37 heavy (non-hydrogen) atoms. The van der Waals surface area contributed by atoms with Gasteiger partial charge in [0, 0.05) is 39.0 Å². The van der Waals surface area contributed by atoms with Crippen molar-refractivity contribution in [2.24, 2.45) is 0 Å². The van der Waals surface area contributed by atoms with E-state index in [1.54, 1.807) is 0 Å². The maximum absolute atomic E-state index is 2.34. The third-order valence-corrected chi connectivity index (χ3v) is 12.8. The van der Waals surface area contributed by atoms with Gasteiger partial charge in [-0.15, -0.1) is 56.7 Å². The summed E-state index contributed by atoms with van der Waals surface area (Å²) in [5.41, 5.74) is 3.07. The van der Waals surface area contributed by atoms with E-state index in [-0.39, 0.29) is 0 Å². The molecule has 0 atom stereocenters. The standard InChI is InChI=1S/C32H36S5/c1-3-5-7-9-11-23-19-21-33-31(23)29-17-15-27(36-29)25-13-14-26(35-25)28-16-18-30(37-28)32-24(20-22-34-32)12-10-8-6-4-2/h13-22H,3-12H2,1-2H3. The number of hydrogen-bond acceptors (Lipinski definition) is 5. The van der Waals surface area contributed by atoms with E-state index >= 15 is 0 Å². The van der Waals surface area contributed by atoms with Crippen molar-refractivity contribution in [1.29, 1.82) is 0 Å². The first-order valence-electron chi connectivity index (χ1n) is 13.7. The summed E-state index contributed by atoms with van der Waals surface area (Å²) in [6, 6.07) is 18.6. The first-order valence-corrected chi connectivity index (χ1v) is 17.9. The third-order valence-electron chi connectivity index (χ3n) is 6.84. The summed E-state index contributed by atoms with van der Waals surface area (Å²) in [7, 11) is 0. The summed E-state index contributed by atoms with van der Waals surface area (Å²) in [4.78, 5) is 11.4. The van der Waals surface area contributed by atoms with Gasteiger partial charge in [-0.2, -0.15) is 0 Å². The summed E-state index contributed by atoms with van der Waals surface area (Å²) in [6.07, 6.45) is 13.0. The van der Waals surface area contributed by atoms with E-state index in [0.717, 1.165) is 0 Å². The SMILES string of the molecule is CCCCCCc1ccsc1-c1ccc(-c2ccc(-c3ccc(-c4sccc4CCCCCC)s3)s2)s1. The molecule has 0 saturated heterocycles. The minimum atomic E-state index is 1.21. The van der Waals surface area contributed by atoms with E-state index in [1.807, 2.05) is 56.7 Å². The first kappa shape index (κ1) is 27.1. The Morgan fingerprint density at radius 2 is 0.811 bits per heavy atom. The van der Waals surface area contributed by atoms with Crippen molar-refractivity contribution in [3.8, 4) is 39.0 Å². The van der Waals surface area contributed by atoms with Crippen molar-refractivity contribution in [3.05, 3.63) is 70.4 Å². The Kier molecular flexibility index (Phi) is 9.90. The zero-order valence-corrected chi connectivity index (χ0v) is 26.0. The smallest absolute Gasteiger partial charge is 0.0474 e. The van der Waals surface area contributed by atoms with Crippen molar-refractivity contribution in [2.45, 2.75) is 78.1 Å². The highest BCUT2D eigenvalue weighted by Crippen LogP contribution is 2.45. The van der Waals surface area contributed by atoms with Crippen molar-refractivity contribution in [1.82, 2.24) is 0 Å². The topological polar surface area (TPSA) is 0 Å². The Bertz CT molecular complexity index is 1270. The molecule has 0 unspecified atom stereocenters. The van der Waals surface area contributed by atoms with Gasteiger partial charge in [-0.25, -0.2) is 0 Å². The van der Waals surface area contributed by atoms with Crippen molar-refractivity contribution in [2.75, 3.05) is 0 Å². The van der Waals surface area contributed by atoms with Crippen LogP contribution >= 0.6 is 56.7 Å². The van der Waals surface area contributed by atoms with Gasteiger partial charge >= 0.3 is 0 Å². The van der Waals surface area contributed by atoms with Crippen LogP contribution in [0.15, 0.2) is 59.3 Å². The largest absolute Gasteiger partial charge is 0.143 e. The van der Waals surface area contributed by atoms with Crippen LogP contribution in [0.1, 0.15) is 76.3 Å². The van der Waals surface area contributed by atoms with Gasteiger partial charge in [-0.3, -0.25) is 0 Å². The first-order chi connectivity index (χ1) is 18.3. The van der Waals surface area contributed by atoms with Crippen LogP contribution in [0, 0.1) is 0 Å². The zero-order chi connectivity index (χ0) is 25.5. The molecule has 5 aromatic rings. The average molecular weight is 581 g/mol. The second-order valence-corrected chi connectivity index (χ2v) is 14.7. The lowest BCUT2D eigenvalue weighted by atomic mass is 10.1. The molecule has 194 valence electrons. The molecular formula is C32H36S5. The molecule has 0 aliphatic rings. The molecule has 0 aromatic carbocycles. The van der Waals surface area contributed by atoms with E-state index in [1.165, 1.54) is 114 Å². The second-order valence-electron chi connectivity index (χ2n) is 9.66. The predicted octanol–water partition coefficient (Wildman–Crippen LogP) is 12.9. The summed E-state index contributed by atoms with van der Waals surface area (Å²) in [6.45, 7) is 4.57. The molecule has 0 aliphatic carbocycles. The van der Waals surface area contributed by atoms with Crippen LogP contribution in [0.4, 0.5) is 0 Å². The van der Waals surface area contributed by atoms with Crippen molar-refractivity contribution in [3.63, 3.8) is 0 Å². The highest BCUT2D eigenvalue weighted by atomic mass is 32.1. The maximum Gasteiger partial charge on any atom is 0.0474 e. The quantitative estimate of drug-likeness (QED) is 0.115. The minimum Gasteiger partial charge on any atom is -0.143 e. The molecule has 5 heterocycles. The van der Waals surface area contributed by atoms with Crippen LogP contribution in [0.25, 0.3) is 39.0 Å². The molecule has 0 spiro atoms. The van der Waals surface area contributed by atoms with Gasteiger partial charge in [-0.05, 0) is 96.1 Å². The molecule has 0 saturated carbocycles. The fraction of sp³-hybridized carbons (Fsp3) is 0.375. The van der Waals surface area contributed by atoms with Crippen LogP contribution in [0.2, 0.25) is 0 Å². The van der Waals surface area contributed by atoms with Crippen LogP contribution in [-0.4, -0.2) is 0 Å². The van der Waals surface area contributed by atoms with Gasteiger partial charge in [0.2, 0.25) is 0 Å². The molecule has 5 aromatic heterocycles. The van der Waals surface area contributed by atoms with Crippen LogP contribution in [0.5, 0.6) is 0 Å². The fourth-order valence-corrected chi connectivity index (χ4v) is 10.2. The van der Waals surface area contributed by atoms with E-state index in [4.69, 9.17) is 0 Å². The summed E-state index contributed by atoms with van der Waals surface area (Å²) >= 11 is 9.65. The summed E-state index contributed by atoms with van der Waals surface area (Å²) in [5.74, 6) is 0. The Morgan fingerprint density at radius 1 is 0.432 bits per heavy atom. The van der Waals surface area contributed by atoms with Crippen LogP contribution in [0.3, 0.4) is 0 Å². The Hall–Kier alpha value is -1.50. The highest BCUT2D eigenvalue weighted by Gasteiger charge is 2.15. The van der Waals surface area contributed by atoms with Gasteiger partial charge < -0.3 is 0 Å². The monoisotopic (exact) mass is 580 g/mol. The summed E-state index contributed by atoms with van der Waals surface area (Å²) in [5, 5.41) is 4.54. The number of thiophene rings is 5. The molecule has 5 heteroatoms. The molecule has 0 bridgehead atoms. The number of aryl methyl sites for hydroxylation is 2. The third kappa shape index (κ3) is 6.75. The fourth-order valence-electron chi connectivity index (χ4n) is 4.77. The minimum absolute atomic E-state index is 1.21. The molecular weight excluding hydrogens is 545 g/mol. The Balaban J connectivity index is 1.27. The van der Waals surface area contributed by atoms with Gasteiger partial charge in [0.05, 0.1) is 0 Å². The van der Waals surface area contributed by atoms with Gasteiger partial charge in [0.15, 0.2) is 0 Å². The van der Waals surface area contributed by atoms with E-state index in [9.17, 15) is 0 Å². The second kappa shape index (κ2) is 13.5. The summed E-state index contributed by atoms with van der Waals surface area (Å²) < 4.78 is 0. The average Bonchev–Trinajstić information content (AvgIpc) is 3.73. The molecule has 0 nitrogen and oxygen atoms in total. The highest BCUT2D eigenvalue weighted by molar-refractivity contribution is 7.29. The Labute approximate surface area is 242 Å². The lowest BCUT2D eigenvalue weighted by molar-refractivity contribution is 0.668. The van der Waals surface area contributed by atoms with Crippen LogP contribution in [-0.2, 0) is 12.8 Å². The molecule has 0 amide bonds. The molecule has 0 aliphatic heterocycles. The molecule has 0 fully saturated rings. The Morgan fingerprint density at radius 3 is 1.22 bits per heavy atom. The normalized spacial score (nSPS) is 11.5. The van der Waals surface area contributed by atoms with Gasteiger partial charge in [-0.1, -0.05) is 52.4 Å². The zero-order valence-electron chi connectivity index (χ0n) is 21.9. The number of hydrogen-bond donors (Lipinski definition) is 0. The molecule has 5 rings (SSSR count).